The van der Waals surface area contributed by atoms with Crippen molar-refractivity contribution in [3.8, 4) is 0 Å². The lowest BCUT2D eigenvalue weighted by atomic mass is 9.83. The first-order valence-electron chi connectivity index (χ1n) is 7.53. The highest BCUT2D eigenvalue weighted by molar-refractivity contribution is 5.28. The van der Waals surface area contributed by atoms with Gasteiger partial charge in [0.1, 0.15) is 0 Å². The molecule has 1 fully saturated rings. The monoisotopic (exact) mass is 251 g/mol. The fraction of sp³-hybridized carbons (Fsp3) is 0.875. The third-order valence-electron chi connectivity index (χ3n) is 4.52. The van der Waals surface area contributed by atoms with Crippen molar-refractivity contribution in [2.45, 2.75) is 66.2 Å². The van der Waals surface area contributed by atoms with Crippen molar-refractivity contribution in [2.75, 3.05) is 13.2 Å². The highest BCUT2D eigenvalue weighted by Crippen LogP contribution is 2.38. The summed E-state index contributed by atoms with van der Waals surface area (Å²) in [5.41, 5.74) is 3.26. The summed E-state index contributed by atoms with van der Waals surface area (Å²) in [5.74, 6) is 1.27. The van der Waals surface area contributed by atoms with Crippen molar-refractivity contribution >= 4 is 0 Å². The first-order valence-corrected chi connectivity index (χ1v) is 7.53. The van der Waals surface area contributed by atoms with Gasteiger partial charge >= 0.3 is 0 Å². The van der Waals surface area contributed by atoms with Crippen molar-refractivity contribution in [1.29, 1.82) is 0 Å². The normalized spacial score (nSPS) is 29.8. The molecular weight excluding hydrogens is 222 g/mol. The topological polar surface area (TPSA) is 12.5 Å². The maximum atomic E-state index is 5.95. The molecule has 0 aromatic heterocycles. The Morgan fingerprint density at radius 1 is 1.06 bits per heavy atom. The van der Waals surface area contributed by atoms with Gasteiger partial charge < -0.3 is 4.74 Å². The van der Waals surface area contributed by atoms with Crippen LogP contribution in [0.5, 0.6) is 0 Å². The summed E-state index contributed by atoms with van der Waals surface area (Å²) in [5, 5.41) is 0. The molecule has 2 nitrogen and oxygen atoms in total. The van der Waals surface area contributed by atoms with Crippen LogP contribution < -0.4 is 0 Å². The molecule has 0 saturated carbocycles. The van der Waals surface area contributed by atoms with Gasteiger partial charge in [-0.05, 0) is 37.7 Å². The molecule has 2 aliphatic rings. The second-order valence-corrected chi connectivity index (χ2v) is 6.69. The van der Waals surface area contributed by atoms with Crippen molar-refractivity contribution in [2.24, 2.45) is 11.8 Å². The Morgan fingerprint density at radius 3 is 2.11 bits per heavy atom. The third-order valence-corrected chi connectivity index (χ3v) is 4.52. The quantitative estimate of drug-likeness (QED) is 0.712. The molecule has 18 heavy (non-hydrogen) atoms. The van der Waals surface area contributed by atoms with E-state index in [2.05, 4.69) is 46.4 Å². The standard InChI is InChI=1S/C16H29NO/c1-10(2)13-7-8-17(12(5)6)14-9-18-16(14)15(13)11(3)4/h10-12,14,16H,7-9H2,1-6H3. The molecular formula is C16H29NO. The number of rotatable bonds is 3. The van der Waals surface area contributed by atoms with Crippen LogP contribution in [0.2, 0.25) is 0 Å². The van der Waals surface area contributed by atoms with Gasteiger partial charge in [0.25, 0.3) is 0 Å². The van der Waals surface area contributed by atoms with Gasteiger partial charge in [-0.2, -0.15) is 0 Å². The molecule has 0 spiro atoms. The zero-order valence-electron chi connectivity index (χ0n) is 12.9. The number of ether oxygens (including phenoxy) is 1. The highest BCUT2D eigenvalue weighted by Gasteiger charge is 2.43. The molecule has 0 aliphatic carbocycles. The van der Waals surface area contributed by atoms with E-state index in [-0.39, 0.29) is 0 Å². The average Bonchev–Trinajstić information content (AvgIpc) is 2.33. The molecule has 104 valence electrons. The summed E-state index contributed by atoms with van der Waals surface area (Å²) >= 11 is 0. The number of hydrogen-bond donors (Lipinski definition) is 0. The number of fused-ring (bicyclic) bond motifs is 1. The van der Waals surface area contributed by atoms with Crippen LogP contribution in [0, 0.1) is 11.8 Å². The molecule has 2 unspecified atom stereocenters. The van der Waals surface area contributed by atoms with E-state index in [1.807, 2.05) is 0 Å². The van der Waals surface area contributed by atoms with Crippen LogP contribution in [0.4, 0.5) is 0 Å². The van der Waals surface area contributed by atoms with Gasteiger partial charge in [0.2, 0.25) is 0 Å². The number of hydrogen-bond acceptors (Lipinski definition) is 2. The van der Waals surface area contributed by atoms with Gasteiger partial charge in [0, 0.05) is 12.6 Å². The van der Waals surface area contributed by atoms with Crippen LogP contribution in [0.3, 0.4) is 0 Å². The van der Waals surface area contributed by atoms with Crippen molar-refractivity contribution in [3.63, 3.8) is 0 Å². The molecule has 0 aromatic carbocycles. The Kier molecular flexibility index (Phi) is 4.18. The van der Waals surface area contributed by atoms with E-state index in [0.717, 1.165) is 6.61 Å². The summed E-state index contributed by atoms with van der Waals surface area (Å²) in [6.45, 7) is 16.0. The van der Waals surface area contributed by atoms with Crippen molar-refractivity contribution < 1.29 is 4.74 Å². The van der Waals surface area contributed by atoms with Crippen LogP contribution in [-0.4, -0.2) is 36.2 Å². The molecule has 2 heterocycles. The molecule has 0 amide bonds. The fourth-order valence-corrected chi connectivity index (χ4v) is 3.55. The van der Waals surface area contributed by atoms with Crippen LogP contribution in [-0.2, 0) is 4.74 Å². The molecule has 1 saturated heterocycles. The zero-order chi connectivity index (χ0) is 13.4. The van der Waals surface area contributed by atoms with Crippen LogP contribution in [0.15, 0.2) is 11.1 Å². The number of nitrogens with zero attached hydrogens (tertiary/aromatic N) is 1. The van der Waals surface area contributed by atoms with E-state index in [9.17, 15) is 0 Å². The van der Waals surface area contributed by atoms with Crippen LogP contribution in [0.25, 0.3) is 0 Å². The van der Waals surface area contributed by atoms with E-state index in [1.54, 1.807) is 11.1 Å². The predicted octanol–water partition coefficient (Wildman–Crippen LogP) is 3.48. The summed E-state index contributed by atoms with van der Waals surface area (Å²) in [7, 11) is 0. The first-order chi connectivity index (χ1) is 8.43. The van der Waals surface area contributed by atoms with E-state index >= 15 is 0 Å². The van der Waals surface area contributed by atoms with E-state index < -0.39 is 0 Å². The Balaban J connectivity index is 2.32. The minimum Gasteiger partial charge on any atom is -0.370 e. The predicted molar refractivity (Wildman–Crippen MR) is 76.7 cm³/mol. The highest BCUT2D eigenvalue weighted by atomic mass is 16.5. The van der Waals surface area contributed by atoms with Crippen molar-refractivity contribution in [3.05, 3.63) is 11.1 Å². The fourth-order valence-electron chi connectivity index (χ4n) is 3.55. The molecule has 0 bridgehead atoms. The molecule has 0 radical (unpaired) electrons. The van der Waals surface area contributed by atoms with E-state index in [1.165, 1.54) is 13.0 Å². The largest absolute Gasteiger partial charge is 0.370 e. The van der Waals surface area contributed by atoms with Crippen LogP contribution >= 0.6 is 0 Å². The molecule has 2 aliphatic heterocycles. The van der Waals surface area contributed by atoms with Gasteiger partial charge in [-0.25, -0.2) is 0 Å². The molecule has 0 aromatic rings. The molecule has 0 N–H and O–H groups in total. The molecule has 2 atom stereocenters. The second-order valence-electron chi connectivity index (χ2n) is 6.69. The lowest BCUT2D eigenvalue weighted by molar-refractivity contribution is -0.122. The minimum atomic E-state index is 0.368. The Labute approximate surface area is 112 Å². The Hall–Kier alpha value is -0.340. The Bertz CT molecular complexity index is 330. The van der Waals surface area contributed by atoms with Gasteiger partial charge in [0.15, 0.2) is 0 Å². The summed E-state index contributed by atoms with van der Waals surface area (Å²) in [6, 6.07) is 1.25. The SMILES string of the molecule is CC(C)C1=C(C(C)C)C2OCC2N(C(C)C)CC1. The average molecular weight is 251 g/mol. The van der Waals surface area contributed by atoms with Crippen molar-refractivity contribution in [1.82, 2.24) is 4.90 Å². The smallest absolute Gasteiger partial charge is 0.0968 e. The van der Waals surface area contributed by atoms with Gasteiger partial charge in [-0.3, -0.25) is 4.90 Å². The lowest BCUT2D eigenvalue weighted by Gasteiger charge is -2.46. The summed E-state index contributed by atoms with van der Waals surface area (Å²) in [6.07, 6.45) is 1.59. The van der Waals surface area contributed by atoms with Gasteiger partial charge in [-0.1, -0.05) is 33.3 Å². The van der Waals surface area contributed by atoms with Gasteiger partial charge in [-0.15, -0.1) is 0 Å². The third kappa shape index (κ3) is 2.37. The van der Waals surface area contributed by atoms with Gasteiger partial charge in [0.05, 0.1) is 18.8 Å². The maximum Gasteiger partial charge on any atom is 0.0968 e. The summed E-state index contributed by atoms with van der Waals surface area (Å²) in [4.78, 5) is 2.64. The first kappa shape index (κ1) is 14.1. The lowest BCUT2D eigenvalue weighted by Crippen LogP contribution is -2.58. The molecule has 2 heteroatoms. The maximum absolute atomic E-state index is 5.95. The van der Waals surface area contributed by atoms with E-state index in [0.29, 0.717) is 30.0 Å². The second kappa shape index (κ2) is 5.34. The minimum absolute atomic E-state index is 0.368. The summed E-state index contributed by atoms with van der Waals surface area (Å²) < 4.78 is 5.95. The van der Waals surface area contributed by atoms with Crippen LogP contribution in [0.1, 0.15) is 48.0 Å². The molecule has 2 rings (SSSR count). The zero-order valence-corrected chi connectivity index (χ0v) is 12.9. The Morgan fingerprint density at radius 2 is 1.72 bits per heavy atom. The van der Waals surface area contributed by atoms with E-state index in [4.69, 9.17) is 4.74 Å².